The Morgan fingerprint density at radius 1 is 1.18 bits per heavy atom. The van der Waals surface area contributed by atoms with Crippen molar-refractivity contribution in [3.63, 3.8) is 0 Å². The van der Waals surface area contributed by atoms with Gasteiger partial charge in [0.05, 0.1) is 13.5 Å². The van der Waals surface area contributed by atoms with Crippen LogP contribution in [0.4, 0.5) is 13.2 Å². The molecule has 0 radical (unpaired) electrons. The van der Waals surface area contributed by atoms with Crippen LogP contribution in [0, 0.1) is 10.8 Å². The molecule has 0 aliphatic carbocycles. The molecule has 5 nitrogen and oxygen atoms in total. The number of nitrogens with one attached hydrogen (secondary N) is 1. The maximum atomic E-state index is 13.5. The van der Waals surface area contributed by atoms with E-state index >= 15 is 0 Å². The van der Waals surface area contributed by atoms with Gasteiger partial charge in [0.2, 0.25) is 11.4 Å². The van der Waals surface area contributed by atoms with Crippen molar-refractivity contribution in [2.24, 2.45) is 5.41 Å². The topological polar surface area (TPSA) is 70.5 Å². The van der Waals surface area contributed by atoms with E-state index in [0.717, 1.165) is 7.11 Å². The second-order valence-corrected chi connectivity index (χ2v) is 6.33. The normalized spacial score (nSPS) is 14.9. The Morgan fingerprint density at radius 3 is 2.00 bits per heavy atom. The lowest BCUT2D eigenvalue weighted by molar-refractivity contribution is -0.234. The molecule has 0 aromatic heterocycles. The Labute approximate surface area is 128 Å². The average molecular weight is 324 g/mol. The Kier molecular flexibility index (Phi) is 6.59. The highest BCUT2D eigenvalue weighted by Crippen LogP contribution is 2.37. The number of carbonyl (C=O) groups is 2. The predicted octanol–water partition coefficient (Wildman–Crippen LogP) is 2.78. The molecule has 22 heavy (non-hydrogen) atoms. The van der Waals surface area contributed by atoms with Crippen LogP contribution in [0.5, 0.6) is 0 Å². The van der Waals surface area contributed by atoms with Gasteiger partial charge >= 0.3 is 12.1 Å². The number of rotatable bonds is 6. The standard InChI is InChI=1S/C14H23F3N2O3/c1-12(2,3)7-9-19(10(20)6-8-18)13(4,11(21)22-5)14(15,16)17/h8,18H,6-7,9H2,1-5H3. The number of alkyl halides is 3. The Hall–Kier alpha value is -1.60. The molecule has 1 unspecified atom stereocenters. The van der Waals surface area contributed by atoms with E-state index in [1.807, 2.05) is 20.8 Å². The summed E-state index contributed by atoms with van der Waals surface area (Å²) < 4.78 is 44.7. The highest BCUT2D eigenvalue weighted by molar-refractivity contribution is 5.94. The van der Waals surface area contributed by atoms with Crippen LogP contribution < -0.4 is 0 Å². The van der Waals surface area contributed by atoms with Crippen molar-refractivity contribution >= 4 is 18.1 Å². The predicted molar refractivity (Wildman–Crippen MR) is 75.7 cm³/mol. The minimum Gasteiger partial charge on any atom is -0.467 e. The van der Waals surface area contributed by atoms with Gasteiger partial charge in [-0.15, -0.1) is 0 Å². The molecule has 0 bridgehead atoms. The fraction of sp³-hybridized carbons (Fsp3) is 0.786. The van der Waals surface area contributed by atoms with E-state index in [1.165, 1.54) is 0 Å². The Bertz CT molecular complexity index is 430. The molecule has 0 saturated heterocycles. The van der Waals surface area contributed by atoms with Crippen molar-refractivity contribution in [2.75, 3.05) is 13.7 Å². The molecule has 1 N–H and O–H groups in total. The highest BCUT2D eigenvalue weighted by atomic mass is 19.4. The summed E-state index contributed by atoms with van der Waals surface area (Å²) in [6, 6.07) is 0. The second kappa shape index (κ2) is 7.11. The first-order valence-electron chi connectivity index (χ1n) is 6.76. The molecule has 0 aromatic carbocycles. The van der Waals surface area contributed by atoms with E-state index in [-0.39, 0.29) is 18.4 Å². The zero-order valence-electron chi connectivity index (χ0n) is 13.5. The van der Waals surface area contributed by atoms with Gasteiger partial charge in [-0.1, -0.05) is 20.8 Å². The first kappa shape index (κ1) is 20.4. The molecular weight excluding hydrogens is 301 g/mol. The van der Waals surface area contributed by atoms with Gasteiger partial charge in [0.15, 0.2) is 0 Å². The summed E-state index contributed by atoms with van der Waals surface area (Å²) in [4.78, 5) is 24.3. The molecular formula is C14H23F3N2O3. The van der Waals surface area contributed by atoms with E-state index in [0.29, 0.717) is 18.0 Å². The van der Waals surface area contributed by atoms with Crippen LogP contribution in [0.1, 0.15) is 40.5 Å². The summed E-state index contributed by atoms with van der Waals surface area (Å²) in [7, 11) is 0.843. The third-order valence-electron chi connectivity index (χ3n) is 3.34. The van der Waals surface area contributed by atoms with Crippen LogP contribution >= 0.6 is 0 Å². The van der Waals surface area contributed by atoms with Crippen LogP contribution in [0.25, 0.3) is 0 Å². The third kappa shape index (κ3) is 4.71. The van der Waals surface area contributed by atoms with Gasteiger partial charge in [0, 0.05) is 12.8 Å². The molecule has 0 aliphatic rings. The lowest BCUT2D eigenvalue weighted by atomic mass is 9.90. The molecule has 1 amide bonds. The molecule has 0 heterocycles. The number of halogens is 3. The molecule has 0 fully saturated rings. The number of ether oxygens (including phenoxy) is 1. The maximum Gasteiger partial charge on any atom is 0.422 e. The quantitative estimate of drug-likeness (QED) is 0.603. The zero-order valence-corrected chi connectivity index (χ0v) is 13.5. The molecule has 0 aliphatic heterocycles. The second-order valence-electron chi connectivity index (χ2n) is 6.33. The average Bonchev–Trinajstić information content (AvgIpc) is 2.35. The molecule has 128 valence electrons. The van der Waals surface area contributed by atoms with Gasteiger partial charge in [0.25, 0.3) is 0 Å². The maximum absolute atomic E-state index is 13.5. The summed E-state index contributed by atoms with van der Waals surface area (Å²) in [5.41, 5.74) is -3.40. The minimum atomic E-state index is -4.99. The minimum absolute atomic E-state index is 0.263. The SMILES string of the molecule is COC(=O)C(C)(N(CCC(C)(C)C)C(=O)CC=N)C(F)(F)F. The van der Waals surface area contributed by atoms with E-state index in [9.17, 15) is 22.8 Å². The van der Waals surface area contributed by atoms with E-state index in [2.05, 4.69) is 4.74 Å². The summed E-state index contributed by atoms with van der Waals surface area (Å²) in [5.74, 6) is -2.49. The monoisotopic (exact) mass is 324 g/mol. The van der Waals surface area contributed by atoms with Crippen LogP contribution in [0.2, 0.25) is 0 Å². The van der Waals surface area contributed by atoms with Crippen molar-refractivity contribution in [3.8, 4) is 0 Å². The van der Waals surface area contributed by atoms with E-state index in [1.54, 1.807) is 0 Å². The van der Waals surface area contributed by atoms with E-state index < -0.39 is 30.0 Å². The van der Waals surface area contributed by atoms with Crippen LogP contribution in [-0.4, -0.2) is 48.4 Å². The fourth-order valence-corrected chi connectivity index (χ4v) is 1.82. The summed E-state index contributed by atoms with van der Waals surface area (Å²) in [6.07, 6.45) is -4.53. The van der Waals surface area contributed by atoms with Gasteiger partial charge in [-0.2, -0.15) is 13.2 Å². The van der Waals surface area contributed by atoms with Gasteiger partial charge < -0.3 is 15.0 Å². The van der Waals surface area contributed by atoms with Crippen LogP contribution in [0.3, 0.4) is 0 Å². The van der Waals surface area contributed by atoms with Crippen LogP contribution in [-0.2, 0) is 14.3 Å². The van der Waals surface area contributed by atoms with Gasteiger partial charge in [0.1, 0.15) is 0 Å². The molecule has 8 heteroatoms. The van der Waals surface area contributed by atoms with Crippen molar-refractivity contribution in [3.05, 3.63) is 0 Å². The lowest BCUT2D eigenvalue weighted by Gasteiger charge is -2.40. The fourth-order valence-electron chi connectivity index (χ4n) is 1.82. The number of nitrogens with zero attached hydrogens (tertiary/aromatic N) is 1. The Balaban J connectivity index is 5.80. The number of hydrogen-bond donors (Lipinski definition) is 1. The number of carbonyl (C=O) groups excluding carboxylic acids is 2. The highest BCUT2D eigenvalue weighted by Gasteiger charge is 2.62. The van der Waals surface area contributed by atoms with Crippen molar-refractivity contribution in [2.45, 2.75) is 52.3 Å². The summed E-state index contributed by atoms with van der Waals surface area (Å²) in [5, 5.41) is 6.92. The third-order valence-corrected chi connectivity index (χ3v) is 3.34. The van der Waals surface area contributed by atoms with Gasteiger partial charge in [-0.3, -0.25) is 4.79 Å². The van der Waals surface area contributed by atoms with Crippen molar-refractivity contribution < 1.29 is 27.5 Å². The first-order valence-corrected chi connectivity index (χ1v) is 6.76. The summed E-state index contributed by atoms with van der Waals surface area (Å²) in [6.45, 7) is 5.81. The van der Waals surface area contributed by atoms with Crippen molar-refractivity contribution in [1.29, 1.82) is 5.41 Å². The van der Waals surface area contributed by atoms with Crippen molar-refractivity contribution in [1.82, 2.24) is 4.90 Å². The molecule has 0 saturated carbocycles. The van der Waals surface area contributed by atoms with Gasteiger partial charge in [-0.25, -0.2) is 4.79 Å². The zero-order chi connectivity index (χ0) is 17.8. The van der Waals surface area contributed by atoms with Crippen LogP contribution in [0.15, 0.2) is 0 Å². The largest absolute Gasteiger partial charge is 0.467 e. The van der Waals surface area contributed by atoms with Gasteiger partial charge in [-0.05, 0) is 18.8 Å². The molecule has 0 rings (SSSR count). The summed E-state index contributed by atoms with van der Waals surface area (Å²) >= 11 is 0. The number of hydrogen-bond acceptors (Lipinski definition) is 4. The Morgan fingerprint density at radius 2 is 1.68 bits per heavy atom. The number of amides is 1. The molecule has 0 aromatic rings. The first-order chi connectivity index (χ1) is 9.81. The molecule has 1 atom stereocenters. The number of methoxy groups -OCH3 is 1. The molecule has 0 spiro atoms. The lowest BCUT2D eigenvalue weighted by Crippen LogP contribution is -2.64. The smallest absolute Gasteiger partial charge is 0.422 e. The van der Waals surface area contributed by atoms with E-state index in [4.69, 9.17) is 5.41 Å². The number of esters is 1.